The van der Waals surface area contributed by atoms with Crippen molar-refractivity contribution in [2.45, 2.75) is 6.61 Å². The van der Waals surface area contributed by atoms with Gasteiger partial charge in [0, 0.05) is 5.56 Å². The lowest BCUT2D eigenvalue weighted by Gasteiger charge is -2.02. The van der Waals surface area contributed by atoms with Gasteiger partial charge >= 0.3 is 0 Å². The van der Waals surface area contributed by atoms with E-state index in [0.29, 0.717) is 11.1 Å². The van der Waals surface area contributed by atoms with Gasteiger partial charge < -0.3 is 10.5 Å². The van der Waals surface area contributed by atoms with Gasteiger partial charge in [-0.1, -0.05) is 6.07 Å². The smallest absolute Gasteiger partial charge is 0.130 e. The Morgan fingerprint density at radius 3 is 2.85 bits per heavy atom. The van der Waals surface area contributed by atoms with Crippen molar-refractivity contribution >= 4 is 0 Å². The number of benzene rings is 1. The van der Waals surface area contributed by atoms with Gasteiger partial charge in [0.15, 0.2) is 0 Å². The molecule has 1 aromatic rings. The van der Waals surface area contributed by atoms with Crippen molar-refractivity contribution in [3.8, 4) is 6.07 Å². The molecule has 0 aliphatic heterocycles. The molecule has 0 aromatic heterocycles. The summed E-state index contributed by atoms with van der Waals surface area (Å²) in [5, 5.41) is 8.46. The van der Waals surface area contributed by atoms with E-state index in [-0.39, 0.29) is 13.3 Å². The van der Waals surface area contributed by atoms with E-state index in [2.05, 4.69) is 0 Å². The zero-order valence-corrected chi connectivity index (χ0v) is 6.96. The first-order chi connectivity index (χ1) is 6.27. The van der Waals surface area contributed by atoms with Gasteiger partial charge in [-0.2, -0.15) is 5.26 Å². The fourth-order valence-corrected chi connectivity index (χ4v) is 0.903. The average Bonchev–Trinajstić information content (AvgIpc) is 2.16. The van der Waals surface area contributed by atoms with E-state index in [9.17, 15) is 4.39 Å². The third-order valence-corrected chi connectivity index (χ3v) is 1.56. The van der Waals surface area contributed by atoms with Gasteiger partial charge in [0.2, 0.25) is 0 Å². The molecule has 1 aromatic carbocycles. The molecule has 0 atom stereocenters. The number of nitriles is 1. The lowest BCUT2D eigenvalue weighted by atomic mass is 10.1. The monoisotopic (exact) mass is 180 g/mol. The minimum absolute atomic E-state index is 0.0550. The highest BCUT2D eigenvalue weighted by molar-refractivity contribution is 5.32. The third kappa shape index (κ3) is 2.51. The predicted octanol–water partition coefficient (Wildman–Crippen LogP) is 1.13. The van der Waals surface area contributed by atoms with Crippen LogP contribution in [0.3, 0.4) is 0 Å². The number of halogens is 1. The summed E-state index contributed by atoms with van der Waals surface area (Å²) in [5.74, 6) is -0.437. The molecule has 1 rings (SSSR count). The van der Waals surface area contributed by atoms with E-state index < -0.39 is 5.82 Å². The first-order valence-corrected chi connectivity index (χ1v) is 3.74. The Balaban J connectivity index is 2.81. The molecular weight excluding hydrogens is 171 g/mol. The van der Waals surface area contributed by atoms with Crippen molar-refractivity contribution in [1.29, 1.82) is 5.26 Å². The summed E-state index contributed by atoms with van der Waals surface area (Å²) >= 11 is 0. The molecule has 0 fully saturated rings. The van der Waals surface area contributed by atoms with Gasteiger partial charge in [-0.05, 0) is 12.1 Å². The van der Waals surface area contributed by atoms with Gasteiger partial charge in [0.1, 0.15) is 5.82 Å². The van der Waals surface area contributed by atoms with Crippen LogP contribution in [0.4, 0.5) is 4.39 Å². The zero-order chi connectivity index (χ0) is 9.68. The van der Waals surface area contributed by atoms with Crippen molar-refractivity contribution in [3.05, 3.63) is 35.1 Å². The van der Waals surface area contributed by atoms with E-state index in [0.717, 1.165) is 0 Å². The fraction of sp³-hybridized carbons (Fsp3) is 0.222. The molecule has 3 nitrogen and oxygen atoms in total. The molecule has 2 N–H and O–H groups in total. The highest BCUT2D eigenvalue weighted by Gasteiger charge is 2.02. The lowest BCUT2D eigenvalue weighted by molar-refractivity contribution is 0.125. The predicted molar refractivity (Wildman–Crippen MR) is 45.0 cm³/mol. The van der Waals surface area contributed by atoms with E-state index in [1.807, 2.05) is 6.07 Å². The fourth-order valence-electron chi connectivity index (χ4n) is 0.903. The number of rotatable bonds is 3. The number of nitrogens with two attached hydrogens (primary N) is 1. The molecule has 0 bridgehead atoms. The number of nitrogens with zero attached hydrogens (tertiary/aromatic N) is 1. The van der Waals surface area contributed by atoms with Crippen molar-refractivity contribution in [2.75, 3.05) is 6.73 Å². The maximum Gasteiger partial charge on any atom is 0.130 e. The van der Waals surface area contributed by atoms with E-state index in [4.69, 9.17) is 15.7 Å². The van der Waals surface area contributed by atoms with Crippen LogP contribution in [-0.2, 0) is 11.3 Å². The zero-order valence-electron chi connectivity index (χ0n) is 6.96. The van der Waals surface area contributed by atoms with Crippen LogP contribution in [-0.4, -0.2) is 6.73 Å². The minimum atomic E-state index is -0.437. The standard InChI is InChI=1S/C9H9FN2O/c10-9-3-7(4-11)1-2-8(9)5-13-6-12/h1-3H,5-6,12H2. The lowest BCUT2D eigenvalue weighted by Crippen LogP contribution is -2.05. The number of hydrogen-bond donors (Lipinski definition) is 1. The summed E-state index contributed by atoms with van der Waals surface area (Å²) in [7, 11) is 0. The van der Waals surface area contributed by atoms with Gasteiger partial charge in [0.05, 0.1) is 25.0 Å². The summed E-state index contributed by atoms with van der Waals surface area (Å²) in [5.41, 5.74) is 5.79. The van der Waals surface area contributed by atoms with Crippen molar-refractivity contribution < 1.29 is 9.13 Å². The van der Waals surface area contributed by atoms with Crippen LogP contribution >= 0.6 is 0 Å². The second-order valence-corrected chi connectivity index (χ2v) is 2.43. The molecule has 0 saturated carbocycles. The average molecular weight is 180 g/mol. The molecular formula is C9H9FN2O. The maximum atomic E-state index is 13.1. The molecule has 0 aliphatic carbocycles. The Bertz CT molecular complexity index is 333. The van der Waals surface area contributed by atoms with Gasteiger partial charge in [-0.25, -0.2) is 4.39 Å². The van der Waals surface area contributed by atoms with E-state index in [1.54, 1.807) is 0 Å². The molecule has 0 saturated heterocycles. The van der Waals surface area contributed by atoms with Crippen LogP contribution in [0, 0.1) is 17.1 Å². The molecule has 0 heterocycles. The molecule has 4 heteroatoms. The van der Waals surface area contributed by atoms with Crippen LogP contribution in [0.1, 0.15) is 11.1 Å². The van der Waals surface area contributed by atoms with Crippen LogP contribution in [0.5, 0.6) is 0 Å². The third-order valence-electron chi connectivity index (χ3n) is 1.56. The first kappa shape index (κ1) is 9.65. The Hall–Kier alpha value is -1.44. The summed E-state index contributed by atoms with van der Waals surface area (Å²) < 4.78 is 17.9. The molecule has 0 spiro atoms. The van der Waals surface area contributed by atoms with Crippen molar-refractivity contribution in [2.24, 2.45) is 5.73 Å². The number of ether oxygens (including phenoxy) is 1. The van der Waals surface area contributed by atoms with Gasteiger partial charge in [-0.15, -0.1) is 0 Å². The van der Waals surface area contributed by atoms with E-state index in [1.165, 1.54) is 18.2 Å². The maximum absolute atomic E-state index is 13.1. The Labute approximate surface area is 75.5 Å². The number of hydrogen-bond acceptors (Lipinski definition) is 3. The molecule has 0 aliphatic rings. The Kier molecular flexibility index (Phi) is 3.38. The summed E-state index contributed by atoms with van der Waals surface area (Å²) in [6.07, 6.45) is 0. The first-order valence-electron chi connectivity index (χ1n) is 3.74. The van der Waals surface area contributed by atoms with Crippen LogP contribution in [0.2, 0.25) is 0 Å². The quantitative estimate of drug-likeness (QED) is 0.709. The molecule has 0 unspecified atom stereocenters. The van der Waals surface area contributed by atoms with Crippen molar-refractivity contribution in [1.82, 2.24) is 0 Å². The molecule has 0 amide bonds. The molecule has 68 valence electrons. The van der Waals surface area contributed by atoms with Crippen molar-refractivity contribution in [3.63, 3.8) is 0 Å². The highest BCUT2D eigenvalue weighted by atomic mass is 19.1. The van der Waals surface area contributed by atoms with Gasteiger partial charge in [-0.3, -0.25) is 0 Å². The second-order valence-electron chi connectivity index (χ2n) is 2.43. The SMILES string of the molecule is N#Cc1ccc(COCN)c(F)c1. The molecule has 13 heavy (non-hydrogen) atoms. The summed E-state index contributed by atoms with van der Waals surface area (Å²) in [6.45, 7) is 0.188. The van der Waals surface area contributed by atoms with Gasteiger partial charge in [0.25, 0.3) is 0 Å². The topological polar surface area (TPSA) is 59.0 Å². The second kappa shape index (κ2) is 4.55. The van der Waals surface area contributed by atoms with Crippen LogP contribution in [0.25, 0.3) is 0 Å². The normalized spacial score (nSPS) is 9.62. The Morgan fingerprint density at radius 1 is 1.54 bits per heavy atom. The minimum Gasteiger partial charge on any atom is -0.362 e. The van der Waals surface area contributed by atoms with E-state index >= 15 is 0 Å². The summed E-state index contributed by atoms with van der Waals surface area (Å²) in [4.78, 5) is 0. The highest BCUT2D eigenvalue weighted by Crippen LogP contribution is 2.10. The molecule has 0 radical (unpaired) electrons. The van der Waals surface area contributed by atoms with Crippen LogP contribution in [0.15, 0.2) is 18.2 Å². The van der Waals surface area contributed by atoms with Crippen LogP contribution < -0.4 is 5.73 Å². The Morgan fingerprint density at radius 2 is 2.31 bits per heavy atom. The largest absolute Gasteiger partial charge is 0.362 e. The summed E-state index contributed by atoms with van der Waals surface area (Å²) in [6, 6.07) is 6.08.